The van der Waals surface area contributed by atoms with E-state index in [1.165, 1.54) is 0 Å². The zero-order chi connectivity index (χ0) is 15.6. The van der Waals surface area contributed by atoms with Crippen molar-refractivity contribution in [2.75, 3.05) is 7.05 Å². The smallest absolute Gasteiger partial charge is 0.244 e. The van der Waals surface area contributed by atoms with Crippen LogP contribution < -0.4 is 10.0 Å². The van der Waals surface area contributed by atoms with Crippen molar-refractivity contribution in [3.05, 3.63) is 17.6 Å². The first-order valence-corrected chi connectivity index (χ1v) is 9.13. The summed E-state index contributed by atoms with van der Waals surface area (Å²) in [6, 6.07) is 1.65. The van der Waals surface area contributed by atoms with Crippen molar-refractivity contribution in [3.63, 3.8) is 0 Å². The van der Waals surface area contributed by atoms with Gasteiger partial charge in [0.15, 0.2) is 0 Å². The molecule has 1 saturated carbocycles. The van der Waals surface area contributed by atoms with Gasteiger partial charge in [0.2, 0.25) is 10.0 Å². The maximum atomic E-state index is 12.6. The third-order valence-electron chi connectivity index (χ3n) is 4.62. The molecule has 1 aromatic heterocycles. The number of sulfonamides is 1. The Kier molecular flexibility index (Phi) is 5.11. The first kappa shape index (κ1) is 16.5. The summed E-state index contributed by atoms with van der Waals surface area (Å²) in [5.41, 5.74) is 0. The van der Waals surface area contributed by atoms with Crippen LogP contribution in [0.2, 0.25) is 0 Å². The highest BCUT2D eigenvalue weighted by Crippen LogP contribution is 2.35. The topological polar surface area (TPSA) is 71.3 Å². The molecule has 0 aliphatic heterocycles. The zero-order valence-corrected chi connectivity index (χ0v) is 14.1. The Hall–Kier alpha value is -0.850. The molecule has 0 amide bonds. The quantitative estimate of drug-likeness (QED) is 0.846. The number of aryl methyl sites for hydroxylation is 1. The summed E-state index contributed by atoms with van der Waals surface area (Å²) in [6.07, 6.45) is 3.12. The van der Waals surface area contributed by atoms with Gasteiger partial charge >= 0.3 is 0 Å². The van der Waals surface area contributed by atoms with Crippen LogP contribution in [0.15, 0.2) is 15.4 Å². The molecule has 0 bridgehead atoms. The highest BCUT2D eigenvalue weighted by atomic mass is 32.2. The molecule has 120 valence electrons. The molecule has 2 N–H and O–H groups in total. The van der Waals surface area contributed by atoms with Crippen LogP contribution in [0.4, 0.5) is 0 Å². The maximum Gasteiger partial charge on any atom is 0.244 e. The lowest BCUT2D eigenvalue weighted by atomic mass is 9.94. The minimum atomic E-state index is -3.51. The summed E-state index contributed by atoms with van der Waals surface area (Å²) in [6.45, 7) is 6.53. The first-order chi connectivity index (χ1) is 9.89. The Balaban J connectivity index is 2.15. The maximum absolute atomic E-state index is 12.6. The van der Waals surface area contributed by atoms with Gasteiger partial charge in [0.05, 0.1) is 6.54 Å². The van der Waals surface area contributed by atoms with Gasteiger partial charge in [0.1, 0.15) is 16.4 Å². The molecular formula is C15H26N2O3S. The Morgan fingerprint density at radius 1 is 1.38 bits per heavy atom. The van der Waals surface area contributed by atoms with E-state index in [-0.39, 0.29) is 10.9 Å². The van der Waals surface area contributed by atoms with E-state index >= 15 is 0 Å². The van der Waals surface area contributed by atoms with Crippen LogP contribution in [0.3, 0.4) is 0 Å². The highest BCUT2D eigenvalue weighted by Gasteiger charge is 2.35. The highest BCUT2D eigenvalue weighted by molar-refractivity contribution is 7.89. The van der Waals surface area contributed by atoms with Crippen molar-refractivity contribution in [1.29, 1.82) is 0 Å². The molecule has 0 spiro atoms. The molecular weight excluding hydrogens is 288 g/mol. The fourth-order valence-corrected chi connectivity index (χ4v) is 4.87. The molecule has 1 heterocycles. The molecule has 3 unspecified atom stereocenters. The lowest BCUT2D eigenvalue weighted by Crippen LogP contribution is -2.37. The minimum Gasteiger partial charge on any atom is -0.464 e. The molecule has 1 aromatic rings. The number of rotatable bonds is 6. The summed E-state index contributed by atoms with van der Waals surface area (Å²) in [4.78, 5) is 0.264. The van der Waals surface area contributed by atoms with E-state index in [9.17, 15) is 8.42 Å². The number of hydrogen-bond donors (Lipinski definition) is 2. The number of furan rings is 1. The molecule has 1 aliphatic rings. The summed E-state index contributed by atoms with van der Waals surface area (Å²) in [7, 11) is -1.71. The van der Waals surface area contributed by atoms with Crippen LogP contribution in [0.25, 0.3) is 0 Å². The molecule has 1 fully saturated rings. The molecule has 0 radical (unpaired) electrons. The van der Waals surface area contributed by atoms with Crippen molar-refractivity contribution in [1.82, 2.24) is 10.0 Å². The minimum absolute atomic E-state index is 0.0296. The summed E-state index contributed by atoms with van der Waals surface area (Å²) in [5.74, 6) is 2.09. The second-order valence-corrected chi connectivity index (χ2v) is 7.68. The Bertz CT molecular complexity index is 580. The van der Waals surface area contributed by atoms with Gasteiger partial charge in [-0.3, -0.25) is 0 Å². The third kappa shape index (κ3) is 3.49. The van der Waals surface area contributed by atoms with Crippen LogP contribution in [0.1, 0.15) is 44.6 Å². The van der Waals surface area contributed by atoms with Crippen LogP contribution in [0, 0.1) is 18.8 Å². The molecule has 6 heteroatoms. The Morgan fingerprint density at radius 3 is 2.67 bits per heavy atom. The van der Waals surface area contributed by atoms with Gasteiger partial charge in [-0.1, -0.05) is 20.3 Å². The van der Waals surface area contributed by atoms with Gasteiger partial charge in [-0.2, -0.15) is 0 Å². The van der Waals surface area contributed by atoms with Crippen molar-refractivity contribution in [2.24, 2.45) is 11.8 Å². The molecule has 21 heavy (non-hydrogen) atoms. The van der Waals surface area contributed by atoms with Gasteiger partial charge < -0.3 is 9.73 Å². The van der Waals surface area contributed by atoms with Crippen LogP contribution in [-0.2, 0) is 16.6 Å². The second kappa shape index (κ2) is 6.50. The number of nitrogens with one attached hydrogen (secondary N) is 2. The molecule has 2 rings (SSSR count). The van der Waals surface area contributed by atoms with Gasteiger partial charge in [0, 0.05) is 12.1 Å². The predicted octanol–water partition coefficient (Wildman–Crippen LogP) is 2.41. The van der Waals surface area contributed by atoms with Crippen molar-refractivity contribution < 1.29 is 12.8 Å². The van der Waals surface area contributed by atoms with E-state index in [0.29, 0.717) is 29.9 Å². The van der Waals surface area contributed by atoms with Crippen molar-refractivity contribution in [2.45, 2.75) is 57.5 Å². The van der Waals surface area contributed by atoms with Crippen LogP contribution in [0.5, 0.6) is 0 Å². The fraction of sp³-hybridized carbons (Fsp3) is 0.733. The fourth-order valence-electron chi connectivity index (χ4n) is 3.31. The Labute approximate surface area is 127 Å². The lowest BCUT2D eigenvalue weighted by Gasteiger charge is -2.20. The van der Waals surface area contributed by atoms with Crippen molar-refractivity contribution >= 4 is 10.0 Å². The van der Waals surface area contributed by atoms with E-state index < -0.39 is 10.0 Å². The Morgan fingerprint density at radius 2 is 2.10 bits per heavy atom. The molecule has 3 atom stereocenters. The summed E-state index contributed by atoms with van der Waals surface area (Å²) in [5, 5.41) is 2.96. The molecule has 5 nitrogen and oxygen atoms in total. The van der Waals surface area contributed by atoms with Gasteiger partial charge in [-0.15, -0.1) is 0 Å². The van der Waals surface area contributed by atoms with Gasteiger partial charge in [-0.05, 0) is 38.6 Å². The average molecular weight is 314 g/mol. The van der Waals surface area contributed by atoms with E-state index in [4.69, 9.17) is 4.42 Å². The van der Waals surface area contributed by atoms with Gasteiger partial charge in [-0.25, -0.2) is 13.1 Å². The largest absolute Gasteiger partial charge is 0.464 e. The molecule has 0 saturated heterocycles. The standard InChI is InChI=1S/C15H26N2O3S/c1-5-12-6-7-14(10(12)2)17-21(18,19)15-8-13(9-16-4)20-11(15)3/h8,10,12,14,16-17H,5-7,9H2,1-4H3. The lowest BCUT2D eigenvalue weighted by molar-refractivity contribution is 0.368. The van der Waals surface area contributed by atoms with Crippen LogP contribution in [-0.4, -0.2) is 21.5 Å². The van der Waals surface area contributed by atoms with E-state index in [0.717, 1.165) is 19.3 Å². The third-order valence-corrected chi connectivity index (χ3v) is 6.22. The zero-order valence-electron chi connectivity index (χ0n) is 13.3. The SMILES string of the molecule is CCC1CCC(NS(=O)(=O)c2cc(CNC)oc2C)C1C. The van der Waals surface area contributed by atoms with Crippen LogP contribution >= 0.6 is 0 Å². The summed E-state index contributed by atoms with van der Waals surface area (Å²) >= 11 is 0. The van der Waals surface area contributed by atoms with E-state index in [1.807, 2.05) is 0 Å². The number of hydrogen-bond acceptors (Lipinski definition) is 4. The first-order valence-electron chi connectivity index (χ1n) is 7.65. The van der Waals surface area contributed by atoms with Crippen molar-refractivity contribution in [3.8, 4) is 0 Å². The predicted molar refractivity (Wildman–Crippen MR) is 82.5 cm³/mol. The van der Waals surface area contributed by atoms with E-state index in [1.54, 1.807) is 20.0 Å². The van der Waals surface area contributed by atoms with Gasteiger partial charge in [0.25, 0.3) is 0 Å². The monoisotopic (exact) mass is 314 g/mol. The average Bonchev–Trinajstić information content (AvgIpc) is 2.95. The molecule has 1 aliphatic carbocycles. The van der Waals surface area contributed by atoms with E-state index in [2.05, 4.69) is 23.9 Å². The summed E-state index contributed by atoms with van der Waals surface area (Å²) < 4.78 is 33.5. The second-order valence-electron chi connectivity index (χ2n) is 6.00. The molecule has 0 aromatic carbocycles. The normalized spacial score (nSPS) is 26.4.